The summed E-state index contributed by atoms with van der Waals surface area (Å²) in [5.74, 6) is 1.46. The van der Waals surface area contributed by atoms with Crippen molar-refractivity contribution in [2.45, 2.75) is 25.7 Å². The lowest BCUT2D eigenvalue weighted by Crippen LogP contribution is -2.27. The van der Waals surface area contributed by atoms with E-state index in [4.69, 9.17) is 5.11 Å². The highest BCUT2D eigenvalue weighted by molar-refractivity contribution is 5.90. The van der Waals surface area contributed by atoms with E-state index in [9.17, 15) is 9.59 Å². The third kappa shape index (κ3) is 5.05. The topological polar surface area (TPSA) is 112 Å². The van der Waals surface area contributed by atoms with Gasteiger partial charge in [0.2, 0.25) is 11.8 Å². The largest absolute Gasteiger partial charge is 0.395 e. The fourth-order valence-corrected chi connectivity index (χ4v) is 3.99. The van der Waals surface area contributed by atoms with E-state index in [-0.39, 0.29) is 31.4 Å². The van der Waals surface area contributed by atoms with Gasteiger partial charge in [-0.15, -0.1) is 10.2 Å². The first-order valence-corrected chi connectivity index (χ1v) is 11.0. The Labute approximate surface area is 186 Å². The molecule has 0 unspecified atom stereocenters. The number of hydrogen-bond acceptors (Lipinski definition) is 6. The van der Waals surface area contributed by atoms with E-state index in [0.29, 0.717) is 18.1 Å². The van der Waals surface area contributed by atoms with Crippen molar-refractivity contribution in [1.82, 2.24) is 25.0 Å². The number of amides is 2. The number of likely N-dealkylation sites (tertiary alicyclic amines) is 1. The summed E-state index contributed by atoms with van der Waals surface area (Å²) in [5.41, 5.74) is 1.83. The van der Waals surface area contributed by atoms with Gasteiger partial charge in [0.25, 0.3) is 0 Å². The van der Waals surface area contributed by atoms with E-state index >= 15 is 0 Å². The first-order valence-electron chi connectivity index (χ1n) is 11.0. The van der Waals surface area contributed by atoms with Gasteiger partial charge in [-0.05, 0) is 36.6 Å². The third-order valence-electron chi connectivity index (χ3n) is 5.56. The Hall–Kier alpha value is -3.46. The number of carbonyl (C=O) groups excluding carboxylic acids is 2. The standard InChI is InChI=1S/C23H28N6O3/c30-14-11-25-22(31)15-17-16-29(19-6-2-1-5-18(17)19)21-9-8-20(26-27-21)24-10-4-13-28-12-3-7-23(28)32/h1-2,5-6,8-9,16,30H,3-4,7,10-15H2,(H,24,26)(H,25,31). The molecule has 0 aliphatic carbocycles. The summed E-state index contributed by atoms with van der Waals surface area (Å²) in [4.78, 5) is 25.7. The number of nitrogens with one attached hydrogen (secondary N) is 2. The van der Waals surface area contributed by atoms with Gasteiger partial charge in [-0.25, -0.2) is 0 Å². The molecule has 9 nitrogen and oxygen atoms in total. The van der Waals surface area contributed by atoms with Crippen molar-refractivity contribution in [2.75, 3.05) is 38.1 Å². The number of benzene rings is 1. The van der Waals surface area contributed by atoms with Crippen molar-refractivity contribution in [2.24, 2.45) is 0 Å². The van der Waals surface area contributed by atoms with Crippen LogP contribution in [-0.2, 0) is 16.0 Å². The molecular weight excluding hydrogens is 408 g/mol. The van der Waals surface area contributed by atoms with Crippen molar-refractivity contribution in [3.05, 3.63) is 48.2 Å². The molecule has 3 aromatic rings. The van der Waals surface area contributed by atoms with Gasteiger partial charge in [0, 0.05) is 44.2 Å². The monoisotopic (exact) mass is 436 g/mol. The number of hydrogen-bond donors (Lipinski definition) is 3. The van der Waals surface area contributed by atoms with Crippen molar-refractivity contribution >= 4 is 28.5 Å². The predicted octanol–water partition coefficient (Wildman–Crippen LogP) is 1.50. The summed E-state index contributed by atoms with van der Waals surface area (Å²) >= 11 is 0. The number of aromatic nitrogens is 3. The van der Waals surface area contributed by atoms with Crippen molar-refractivity contribution in [3.8, 4) is 5.82 Å². The minimum atomic E-state index is -0.136. The van der Waals surface area contributed by atoms with Gasteiger partial charge in [0.05, 0.1) is 18.5 Å². The Bertz CT molecular complexity index is 1080. The number of aliphatic hydroxyl groups is 1. The fourth-order valence-electron chi connectivity index (χ4n) is 3.99. The van der Waals surface area contributed by atoms with Gasteiger partial charge in [-0.2, -0.15) is 0 Å². The summed E-state index contributed by atoms with van der Waals surface area (Å²) in [6.45, 7) is 2.51. The maximum absolute atomic E-state index is 12.1. The van der Waals surface area contributed by atoms with Gasteiger partial charge >= 0.3 is 0 Å². The zero-order valence-corrected chi connectivity index (χ0v) is 18.0. The van der Waals surface area contributed by atoms with E-state index in [1.54, 1.807) is 0 Å². The molecule has 1 aliphatic heterocycles. The molecule has 2 amide bonds. The maximum Gasteiger partial charge on any atom is 0.224 e. The Morgan fingerprint density at radius 1 is 1.12 bits per heavy atom. The summed E-state index contributed by atoms with van der Waals surface area (Å²) in [5, 5.41) is 24.5. The van der Waals surface area contributed by atoms with Crippen LogP contribution in [0, 0.1) is 0 Å². The van der Waals surface area contributed by atoms with E-state index < -0.39 is 0 Å². The number of fused-ring (bicyclic) bond motifs is 1. The minimum Gasteiger partial charge on any atom is -0.395 e. The fraction of sp³-hybridized carbons (Fsp3) is 0.391. The average Bonchev–Trinajstić information content (AvgIpc) is 3.39. The van der Waals surface area contributed by atoms with Gasteiger partial charge in [0.15, 0.2) is 5.82 Å². The highest BCUT2D eigenvalue weighted by atomic mass is 16.3. The van der Waals surface area contributed by atoms with Crippen molar-refractivity contribution in [1.29, 1.82) is 0 Å². The van der Waals surface area contributed by atoms with Gasteiger partial charge < -0.3 is 20.6 Å². The number of aliphatic hydroxyl groups excluding tert-OH is 1. The van der Waals surface area contributed by atoms with Crippen LogP contribution in [0.5, 0.6) is 0 Å². The normalized spacial score (nSPS) is 13.7. The van der Waals surface area contributed by atoms with Crippen molar-refractivity contribution < 1.29 is 14.7 Å². The van der Waals surface area contributed by atoms with Gasteiger partial charge in [0.1, 0.15) is 5.82 Å². The lowest BCUT2D eigenvalue weighted by Gasteiger charge is -2.15. The molecule has 1 saturated heterocycles. The second-order valence-corrected chi connectivity index (χ2v) is 7.83. The Morgan fingerprint density at radius 2 is 2.00 bits per heavy atom. The predicted molar refractivity (Wildman–Crippen MR) is 122 cm³/mol. The number of carbonyl (C=O) groups is 2. The first kappa shape index (κ1) is 21.8. The lowest BCUT2D eigenvalue weighted by molar-refractivity contribution is -0.127. The second-order valence-electron chi connectivity index (χ2n) is 7.83. The van der Waals surface area contributed by atoms with E-state index in [2.05, 4.69) is 20.8 Å². The van der Waals surface area contributed by atoms with Crippen LogP contribution in [0.25, 0.3) is 16.7 Å². The Balaban J connectivity index is 1.41. The van der Waals surface area contributed by atoms with Gasteiger partial charge in [-0.1, -0.05) is 18.2 Å². The number of para-hydroxylation sites is 1. The third-order valence-corrected chi connectivity index (χ3v) is 5.56. The second kappa shape index (κ2) is 10.2. The molecular formula is C23H28N6O3. The molecule has 4 rings (SSSR count). The van der Waals surface area contributed by atoms with Crippen LogP contribution in [0.2, 0.25) is 0 Å². The molecule has 32 heavy (non-hydrogen) atoms. The molecule has 0 bridgehead atoms. The Morgan fingerprint density at radius 3 is 2.75 bits per heavy atom. The zero-order chi connectivity index (χ0) is 22.3. The van der Waals surface area contributed by atoms with E-state index in [1.807, 2.05) is 52.1 Å². The van der Waals surface area contributed by atoms with Crippen LogP contribution in [-0.4, -0.2) is 69.4 Å². The highest BCUT2D eigenvalue weighted by Gasteiger charge is 2.19. The maximum atomic E-state index is 12.1. The molecule has 9 heteroatoms. The SMILES string of the molecule is O=C(Cc1cn(-c2ccc(NCCCN3CCCC3=O)nn2)c2ccccc12)NCCO. The smallest absolute Gasteiger partial charge is 0.224 e. The van der Waals surface area contributed by atoms with Crippen LogP contribution in [0.15, 0.2) is 42.6 Å². The molecule has 0 atom stereocenters. The molecule has 2 aromatic heterocycles. The number of anilines is 1. The van der Waals surface area contributed by atoms with Crippen molar-refractivity contribution in [3.63, 3.8) is 0 Å². The summed E-state index contributed by atoms with van der Waals surface area (Å²) in [6, 6.07) is 11.6. The van der Waals surface area contributed by atoms with E-state index in [0.717, 1.165) is 48.9 Å². The molecule has 1 aliphatic rings. The zero-order valence-electron chi connectivity index (χ0n) is 18.0. The molecule has 1 fully saturated rings. The minimum absolute atomic E-state index is 0.0835. The van der Waals surface area contributed by atoms with Crippen LogP contribution < -0.4 is 10.6 Å². The lowest BCUT2D eigenvalue weighted by atomic mass is 10.1. The van der Waals surface area contributed by atoms with E-state index in [1.165, 1.54) is 0 Å². The molecule has 0 spiro atoms. The van der Waals surface area contributed by atoms with Crippen LogP contribution >= 0.6 is 0 Å². The molecule has 168 valence electrons. The van der Waals surface area contributed by atoms with Crippen LogP contribution in [0.1, 0.15) is 24.8 Å². The summed E-state index contributed by atoms with van der Waals surface area (Å²) in [6.07, 6.45) is 4.62. The first-order chi connectivity index (χ1) is 15.7. The molecule has 0 radical (unpaired) electrons. The van der Waals surface area contributed by atoms with Crippen LogP contribution in [0.3, 0.4) is 0 Å². The molecule has 3 heterocycles. The molecule has 1 aromatic carbocycles. The summed E-state index contributed by atoms with van der Waals surface area (Å²) < 4.78 is 1.93. The quantitative estimate of drug-likeness (QED) is 0.415. The summed E-state index contributed by atoms with van der Waals surface area (Å²) in [7, 11) is 0. The number of nitrogens with zero attached hydrogens (tertiary/aromatic N) is 4. The molecule has 0 saturated carbocycles. The average molecular weight is 437 g/mol. The highest BCUT2D eigenvalue weighted by Crippen LogP contribution is 2.24. The van der Waals surface area contributed by atoms with Gasteiger partial charge in [-0.3, -0.25) is 14.2 Å². The van der Waals surface area contributed by atoms with Crippen LogP contribution in [0.4, 0.5) is 5.82 Å². The molecule has 3 N–H and O–H groups in total. The Kier molecular flexibility index (Phi) is 6.96. The number of rotatable bonds is 10.